The standard InChI is InChI=1S/C23H23N5O5/c1-13(14-6-7-19(30-2)20(9-14)31-3)28-12-15(10-21(28)29)22-24-23(33-27-22)17-11-16(25-26-17)18-5-4-8-32-18/h4-9,11,13,15H,10,12H2,1-3H3,(H,25,26). The molecule has 4 aromatic rings. The van der Waals surface area contributed by atoms with Gasteiger partial charge in [0, 0.05) is 24.9 Å². The van der Waals surface area contributed by atoms with Crippen LogP contribution in [-0.4, -0.2) is 51.9 Å². The Morgan fingerprint density at radius 1 is 1.18 bits per heavy atom. The number of hydrogen-bond acceptors (Lipinski definition) is 8. The summed E-state index contributed by atoms with van der Waals surface area (Å²) in [5.74, 6) is 2.59. The smallest absolute Gasteiger partial charge is 0.275 e. The highest BCUT2D eigenvalue weighted by Crippen LogP contribution is 2.36. The minimum atomic E-state index is -0.162. The van der Waals surface area contributed by atoms with Gasteiger partial charge in [-0.2, -0.15) is 10.1 Å². The molecule has 5 rings (SSSR count). The number of benzene rings is 1. The van der Waals surface area contributed by atoms with E-state index in [1.165, 1.54) is 0 Å². The number of hydrogen-bond donors (Lipinski definition) is 1. The first-order valence-corrected chi connectivity index (χ1v) is 10.5. The summed E-state index contributed by atoms with van der Waals surface area (Å²) >= 11 is 0. The van der Waals surface area contributed by atoms with Crippen molar-refractivity contribution in [3.8, 4) is 34.5 Å². The van der Waals surface area contributed by atoms with Crippen molar-refractivity contribution in [2.45, 2.75) is 25.3 Å². The second kappa shape index (κ2) is 8.45. The van der Waals surface area contributed by atoms with Crippen molar-refractivity contribution in [3.63, 3.8) is 0 Å². The quantitative estimate of drug-likeness (QED) is 0.452. The lowest BCUT2D eigenvalue weighted by molar-refractivity contribution is -0.129. The highest BCUT2D eigenvalue weighted by molar-refractivity contribution is 5.80. The Hall–Kier alpha value is -4.08. The Balaban J connectivity index is 1.32. The minimum absolute atomic E-state index is 0.0373. The molecule has 0 bridgehead atoms. The van der Waals surface area contributed by atoms with E-state index in [4.69, 9.17) is 18.4 Å². The Labute approximate surface area is 189 Å². The van der Waals surface area contributed by atoms with Gasteiger partial charge in [0.2, 0.25) is 5.91 Å². The monoisotopic (exact) mass is 449 g/mol. The summed E-state index contributed by atoms with van der Waals surface area (Å²) in [5, 5.41) is 11.2. The maximum atomic E-state index is 12.8. The lowest BCUT2D eigenvalue weighted by Gasteiger charge is -2.25. The molecule has 4 heterocycles. The number of likely N-dealkylation sites (tertiary alicyclic amines) is 1. The molecule has 33 heavy (non-hydrogen) atoms. The van der Waals surface area contributed by atoms with Gasteiger partial charge in [0.05, 0.1) is 26.5 Å². The number of amides is 1. The van der Waals surface area contributed by atoms with Crippen LogP contribution in [0.2, 0.25) is 0 Å². The number of H-pyrrole nitrogens is 1. The number of aromatic nitrogens is 4. The lowest BCUT2D eigenvalue weighted by atomic mass is 10.1. The third-order valence-corrected chi connectivity index (χ3v) is 5.90. The van der Waals surface area contributed by atoms with E-state index < -0.39 is 0 Å². The molecule has 1 aromatic carbocycles. The average Bonchev–Trinajstić information content (AvgIpc) is 3.63. The zero-order valence-electron chi connectivity index (χ0n) is 18.4. The molecule has 2 unspecified atom stereocenters. The number of furan rings is 1. The zero-order valence-corrected chi connectivity index (χ0v) is 18.4. The molecule has 1 amide bonds. The third-order valence-electron chi connectivity index (χ3n) is 5.90. The van der Waals surface area contributed by atoms with Crippen LogP contribution in [-0.2, 0) is 4.79 Å². The summed E-state index contributed by atoms with van der Waals surface area (Å²) in [6, 6.07) is 10.9. The normalized spacial score (nSPS) is 16.9. The van der Waals surface area contributed by atoms with Gasteiger partial charge in [-0.3, -0.25) is 9.89 Å². The Morgan fingerprint density at radius 2 is 2.03 bits per heavy atom. The molecule has 0 aliphatic carbocycles. The Kier molecular flexibility index (Phi) is 5.33. The van der Waals surface area contributed by atoms with Gasteiger partial charge in [0.15, 0.2) is 23.1 Å². The van der Waals surface area contributed by atoms with Gasteiger partial charge in [-0.25, -0.2) is 0 Å². The molecule has 3 aromatic heterocycles. The fraction of sp³-hybridized carbons (Fsp3) is 0.304. The fourth-order valence-corrected chi connectivity index (χ4v) is 4.06. The van der Waals surface area contributed by atoms with E-state index in [2.05, 4.69) is 20.3 Å². The van der Waals surface area contributed by atoms with Crippen molar-refractivity contribution < 1.29 is 23.2 Å². The summed E-state index contributed by atoms with van der Waals surface area (Å²) in [5.41, 5.74) is 2.18. The fourth-order valence-electron chi connectivity index (χ4n) is 4.06. The molecule has 1 N–H and O–H groups in total. The van der Waals surface area contributed by atoms with E-state index >= 15 is 0 Å². The van der Waals surface area contributed by atoms with E-state index in [1.807, 2.05) is 36.1 Å². The first-order chi connectivity index (χ1) is 16.1. The lowest BCUT2D eigenvalue weighted by Crippen LogP contribution is -2.28. The minimum Gasteiger partial charge on any atom is -0.493 e. The SMILES string of the molecule is COc1ccc(C(C)N2CC(c3noc(-c4cc(-c5ccco5)n[nH]4)n3)CC2=O)cc1OC. The van der Waals surface area contributed by atoms with Crippen LogP contribution in [0.5, 0.6) is 11.5 Å². The molecule has 2 atom stereocenters. The van der Waals surface area contributed by atoms with Gasteiger partial charge in [-0.15, -0.1) is 0 Å². The number of aromatic amines is 1. The Bertz CT molecular complexity index is 1260. The molecule has 170 valence electrons. The second-order valence-corrected chi connectivity index (χ2v) is 7.84. The van der Waals surface area contributed by atoms with Crippen molar-refractivity contribution in [2.75, 3.05) is 20.8 Å². The summed E-state index contributed by atoms with van der Waals surface area (Å²) in [6.07, 6.45) is 1.90. The van der Waals surface area contributed by atoms with E-state index in [0.29, 0.717) is 53.3 Å². The van der Waals surface area contributed by atoms with Crippen molar-refractivity contribution in [3.05, 3.63) is 54.0 Å². The highest BCUT2D eigenvalue weighted by Gasteiger charge is 2.37. The molecule has 0 radical (unpaired) electrons. The van der Waals surface area contributed by atoms with E-state index in [9.17, 15) is 4.79 Å². The first-order valence-electron chi connectivity index (χ1n) is 10.5. The molecule has 1 fully saturated rings. The Morgan fingerprint density at radius 3 is 2.79 bits per heavy atom. The van der Waals surface area contributed by atoms with Crippen molar-refractivity contribution in [1.29, 1.82) is 0 Å². The maximum Gasteiger partial charge on any atom is 0.275 e. The predicted octanol–water partition coefficient (Wildman–Crippen LogP) is 3.81. The van der Waals surface area contributed by atoms with Crippen molar-refractivity contribution in [2.24, 2.45) is 0 Å². The molecular weight excluding hydrogens is 426 g/mol. The molecule has 10 heteroatoms. The number of carbonyl (C=O) groups is 1. The maximum absolute atomic E-state index is 12.8. The highest BCUT2D eigenvalue weighted by atomic mass is 16.5. The van der Waals surface area contributed by atoms with Crippen LogP contribution in [0.25, 0.3) is 23.0 Å². The van der Waals surface area contributed by atoms with Crippen LogP contribution in [0.1, 0.15) is 36.7 Å². The first kappa shape index (κ1) is 20.8. The number of rotatable bonds is 7. The van der Waals surface area contributed by atoms with Gasteiger partial charge in [0.1, 0.15) is 11.4 Å². The average molecular weight is 449 g/mol. The van der Waals surface area contributed by atoms with Crippen LogP contribution >= 0.6 is 0 Å². The summed E-state index contributed by atoms with van der Waals surface area (Å²) < 4.78 is 21.5. The van der Waals surface area contributed by atoms with E-state index in [1.54, 1.807) is 32.6 Å². The van der Waals surface area contributed by atoms with Crippen LogP contribution in [0.3, 0.4) is 0 Å². The molecular formula is C23H23N5O5. The van der Waals surface area contributed by atoms with Gasteiger partial charge in [-0.05, 0) is 36.8 Å². The molecule has 1 saturated heterocycles. The van der Waals surface area contributed by atoms with Gasteiger partial charge in [0.25, 0.3) is 5.89 Å². The van der Waals surface area contributed by atoms with E-state index in [-0.39, 0.29) is 17.9 Å². The van der Waals surface area contributed by atoms with Gasteiger partial charge < -0.3 is 23.3 Å². The molecule has 10 nitrogen and oxygen atoms in total. The molecule has 1 aliphatic rings. The molecule has 0 spiro atoms. The third kappa shape index (κ3) is 3.84. The van der Waals surface area contributed by atoms with Crippen LogP contribution < -0.4 is 9.47 Å². The number of nitrogens with zero attached hydrogens (tertiary/aromatic N) is 4. The molecule has 1 aliphatic heterocycles. The number of carbonyl (C=O) groups excluding carboxylic acids is 1. The van der Waals surface area contributed by atoms with Crippen LogP contribution in [0.4, 0.5) is 0 Å². The number of methoxy groups -OCH3 is 2. The van der Waals surface area contributed by atoms with E-state index in [0.717, 1.165) is 5.56 Å². The molecule has 0 saturated carbocycles. The topological polar surface area (TPSA) is 120 Å². The number of ether oxygens (including phenoxy) is 2. The largest absolute Gasteiger partial charge is 0.493 e. The summed E-state index contributed by atoms with van der Waals surface area (Å²) in [4.78, 5) is 19.2. The van der Waals surface area contributed by atoms with Crippen molar-refractivity contribution >= 4 is 5.91 Å². The van der Waals surface area contributed by atoms with Crippen LogP contribution in [0.15, 0.2) is 51.6 Å². The summed E-state index contributed by atoms with van der Waals surface area (Å²) in [7, 11) is 3.18. The predicted molar refractivity (Wildman–Crippen MR) is 117 cm³/mol. The van der Waals surface area contributed by atoms with Gasteiger partial charge >= 0.3 is 0 Å². The number of nitrogens with one attached hydrogen (secondary N) is 1. The zero-order chi connectivity index (χ0) is 22.9. The summed E-state index contributed by atoms with van der Waals surface area (Å²) in [6.45, 7) is 2.48. The van der Waals surface area contributed by atoms with Crippen molar-refractivity contribution in [1.82, 2.24) is 25.2 Å². The second-order valence-electron chi connectivity index (χ2n) is 7.84. The van der Waals surface area contributed by atoms with Crippen LogP contribution in [0, 0.1) is 0 Å². The van der Waals surface area contributed by atoms with Gasteiger partial charge in [-0.1, -0.05) is 11.2 Å².